The van der Waals surface area contributed by atoms with Crippen LogP contribution in [-0.4, -0.2) is 42.4 Å². The van der Waals surface area contributed by atoms with Crippen molar-refractivity contribution in [3.05, 3.63) is 34.1 Å². The van der Waals surface area contributed by atoms with Gasteiger partial charge in [-0.05, 0) is 6.07 Å². The number of thioether (sulfide) groups is 2. The Bertz CT molecular complexity index is 632. The Morgan fingerprint density at radius 3 is 2.76 bits per heavy atom. The maximum absolute atomic E-state index is 13.5. The molecular formula is C11H13FN2O4S3. The van der Waals surface area contributed by atoms with E-state index in [4.69, 9.17) is 0 Å². The molecule has 21 heavy (non-hydrogen) atoms. The summed E-state index contributed by atoms with van der Waals surface area (Å²) in [6.45, 7) is 0.263. The topological polar surface area (TPSA) is 89.3 Å². The number of nitrogens with zero attached hydrogens (tertiary/aromatic N) is 1. The molecular weight excluding hydrogens is 339 g/mol. The molecule has 10 heteroatoms. The number of sulfonamides is 1. The molecule has 1 saturated heterocycles. The van der Waals surface area contributed by atoms with Crippen molar-refractivity contribution in [3.63, 3.8) is 0 Å². The van der Waals surface area contributed by atoms with E-state index in [0.717, 1.165) is 29.4 Å². The summed E-state index contributed by atoms with van der Waals surface area (Å²) in [6, 6.07) is 2.56. The van der Waals surface area contributed by atoms with Gasteiger partial charge in [0.2, 0.25) is 15.8 Å². The lowest BCUT2D eigenvalue weighted by Gasteiger charge is -2.21. The molecule has 1 unspecified atom stereocenters. The van der Waals surface area contributed by atoms with Crippen LogP contribution < -0.4 is 4.72 Å². The summed E-state index contributed by atoms with van der Waals surface area (Å²) in [5.74, 6) is 1.73. The minimum atomic E-state index is -3.86. The van der Waals surface area contributed by atoms with Crippen molar-refractivity contribution >= 4 is 39.2 Å². The van der Waals surface area contributed by atoms with Gasteiger partial charge in [0.15, 0.2) is 0 Å². The molecule has 1 N–H and O–H groups in total. The third-order valence-electron chi connectivity index (χ3n) is 2.81. The predicted molar refractivity (Wildman–Crippen MR) is 81.8 cm³/mol. The van der Waals surface area contributed by atoms with Crippen LogP contribution in [0.5, 0.6) is 0 Å². The molecule has 0 aromatic heterocycles. The zero-order valence-electron chi connectivity index (χ0n) is 10.8. The smallest absolute Gasteiger partial charge is 0.258 e. The van der Waals surface area contributed by atoms with Crippen LogP contribution in [0.1, 0.15) is 0 Å². The second-order valence-electron chi connectivity index (χ2n) is 4.29. The van der Waals surface area contributed by atoms with Crippen molar-refractivity contribution in [3.8, 4) is 0 Å². The van der Waals surface area contributed by atoms with Crippen molar-refractivity contribution in [1.29, 1.82) is 0 Å². The number of nitro benzene ring substituents is 1. The number of nitro groups is 1. The molecule has 1 aliphatic heterocycles. The number of hydrogen-bond donors (Lipinski definition) is 1. The van der Waals surface area contributed by atoms with Gasteiger partial charge in [0.25, 0.3) is 0 Å². The average Bonchev–Trinajstić information content (AvgIpc) is 2.46. The highest BCUT2D eigenvalue weighted by molar-refractivity contribution is 8.06. The standard InChI is InChI=1S/C11H13FN2O4S3/c12-10-5-9(1-2-11(10)14(15)16)21(17,18)13-6-8-7-19-3-4-20-8/h1-2,5,8,13H,3-4,6-7H2. The van der Waals surface area contributed by atoms with Crippen molar-refractivity contribution < 1.29 is 17.7 Å². The van der Waals surface area contributed by atoms with E-state index >= 15 is 0 Å². The summed E-state index contributed by atoms with van der Waals surface area (Å²) >= 11 is 3.46. The van der Waals surface area contributed by atoms with Gasteiger partial charge < -0.3 is 0 Å². The lowest BCUT2D eigenvalue weighted by atomic mass is 10.3. The molecule has 0 saturated carbocycles. The van der Waals surface area contributed by atoms with Gasteiger partial charge in [0.1, 0.15) is 0 Å². The number of nitrogens with one attached hydrogen (secondary N) is 1. The summed E-state index contributed by atoms with van der Waals surface area (Å²) in [5.41, 5.74) is -0.742. The van der Waals surface area contributed by atoms with Gasteiger partial charge in [0, 0.05) is 41.2 Å². The maximum Gasteiger partial charge on any atom is 0.304 e. The molecule has 1 aromatic rings. The van der Waals surface area contributed by atoms with E-state index in [1.807, 2.05) is 0 Å². The zero-order chi connectivity index (χ0) is 15.5. The first kappa shape index (κ1) is 16.5. The van der Waals surface area contributed by atoms with E-state index in [0.29, 0.717) is 6.07 Å². The van der Waals surface area contributed by atoms with E-state index < -0.39 is 26.5 Å². The van der Waals surface area contributed by atoms with Gasteiger partial charge >= 0.3 is 5.69 Å². The quantitative estimate of drug-likeness (QED) is 0.643. The lowest BCUT2D eigenvalue weighted by molar-refractivity contribution is -0.387. The predicted octanol–water partition coefficient (Wildman–Crippen LogP) is 1.86. The van der Waals surface area contributed by atoms with Crippen LogP contribution in [0.25, 0.3) is 0 Å². The Kier molecular flexibility index (Phi) is 5.47. The second-order valence-corrected chi connectivity index (χ2v) is 8.61. The maximum atomic E-state index is 13.5. The number of hydrogen-bond acceptors (Lipinski definition) is 6. The number of rotatable bonds is 5. The lowest BCUT2D eigenvalue weighted by Crippen LogP contribution is -2.33. The Hall–Kier alpha value is -0.840. The van der Waals surface area contributed by atoms with E-state index in [2.05, 4.69) is 4.72 Å². The monoisotopic (exact) mass is 352 g/mol. The van der Waals surface area contributed by atoms with Gasteiger partial charge in [-0.15, -0.1) is 0 Å². The van der Waals surface area contributed by atoms with Gasteiger partial charge in [0.05, 0.1) is 9.82 Å². The molecule has 6 nitrogen and oxygen atoms in total. The Balaban J connectivity index is 2.08. The largest absolute Gasteiger partial charge is 0.304 e. The highest BCUT2D eigenvalue weighted by Gasteiger charge is 2.22. The van der Waals surface area contributed by atoms with E-state index in [-0.39, 0.29) is 16.7 Å². The van der Waals surface area contributed by atoms with E-state index in [1.165, 1.54) is 0 Å². The number of halogens is 1. The van der Waals surface area contributed by atoms with Crippen LogP contribution in [0.15, 0.2) is 23.1 Å². The Morgan fingerprint density at radius 2 is 2.19 bits per heavy atom. The molecule has 1 heterocycles. The molecule has 1 fully saturated rings. The highest BCUT2D eigenvalue weighted by atomic mass is 32.2. The van der Waals surface area contributed by atoms with Crippen molar-refractivity contribution in [2.45, 2.75) is 10.1 Å². The Labute approximate surface area is 130 Å². The molecule has 0 aliphatic carbocycles. The SMILES string of the molecule is O=[N+]([O-])c1ccc(S(=O)(=O)NCC2CSCCS2)cc1F. The highest BCUT2D eigenvalue weighted by Crippen LogP contribution is 2.24. The van der Waals surface area contributed by atoms with Crippen LogP contribution in [0.3, 0.4) is 0 Å². The van der Waals surface area contributed by atoms with Crippen molar-refractivity contribution in [1.82, 2.24) is 4.72 Å². The van der Waals surface area contributed by atoms with Crippen LogP contribution in [0.4, 0.5) is 10.1 Å². The van der Waals surface area contributed by atoms with Crippen LogP contribution >= 0.6 is 23.5 Å². The van der Waals surface area contributed by atoms with E-state index in [9.17, 15) is 22.9 Å². The summed E-state index contributed by atoms with van der Waals surface area (Å²) in [5, 5.41) is 10.7. The summed E-state index contributed by atoms with van der Waals surface area (Å²) in [7, 11) is -3.86. The molecule has 2 rings (SSSR count). The van der Waals surface area contributed by atoms with Gasteiger partial charge in [-0.25, -0.2) is 13.1 Å². The molecule has 0 amide bonds. The summed E-state index contributed by atoms with van der Waals surface area (Å²) in [6.07, 6.45) is 0. The van der Waals surface area contributed by atoms with Crippen molar-refractivity contribution in [2.75, 3.05) is 23.8 Å². The first-order chi connectivity index (χ1) is 9.90. The first-order valence-electron chi connectivity index (χ1n) is 6.03. The zero-order valence-corrected chi connectivity index (χ0v) is 13.3. The average molecular weight is 352 g/mol. The van der Waals surface area contributed by atoms with Gasteiger partial charge in [-0.2, -0.15) is 27.9 Å². The van der Waals surface area contributed by atoms with Gasteiger partial charge in [-0.3, -0.25) is 10.1 Å². The minimum Gasteiger partial charge on any atom is -0.258 e. The molecule has 1 aliphatic rings. The van der Waals surface area contributed by atoms with Crippen LogP contribution in [0.2, 0.25) is 0 Å². The second kappa shape index (κ2) is 6.95. The fraction of sp³-hybridized carbons (Fsp3) is 0.455. The Morgan fingerprint density at radius 1 is 1.43 bits per heavy atom. The van der Waals surface area contributed by atoms with Crippen molar-refractivity contribution in [2.24, 2.45) is 0 Å². The third kappa shape index (κ3) is 4.31. The summed E-state index contributed by atoms with van der Waals surface area (Å²) in [4.78, 5) is 9.31. The van der Waals surface area contributed by atoms with Crippen LogP contribution in [0, 0.1) is 15.9 Å². The molecule has 0 radical (unpaired) electrons. The van der Waals surface area contributed by atoms with Crippen LogP contribution in [-0.2, 0) is 10.0 Å². The molecule has 0 spiro atoms. The minimum absolute atomic E-state index is 0.182. The fourth-order valence-corrected chi connectivity index (χ4v) is 5.55. The number of benzene rings is 1. The first-order valence-corrected chi connectivity index (χ1v) is 9.72. The fourth-order valence-electron chi connectivity index (χ4n) is 1.74. The molecule has 1 aromatic carbocycles. The molecule has 116 valence electrons. The normalized spacial score (nSPS) is 19.4. The van der Waals surface area contributed by atoms with E-state index in [1.54, 1.807) is 23.5 Å². The van der Waals surface area contributed by atoms with Gasteiger partial charge in [-0.1, -0.05) is 0 Å². The molecule has 1 atom stereocenters. The molecule has 0 bridgehead atoms. The summed E-state index contributed by atoms with van der Waals surface area (Å²) < 4.78 is 40.0. The third-order valence-corrected chi connectivity index (χ3v) is 7.08.